The monoisotopic (exact) mass is 517 g/mol. The van der Waals surface area contributed by atoms with Crippen LogP contribution in [0.2, 0.25) is 5.02 Å². The van der Waals surface area contributed by atoms with Gasteiger partial charge in [0.05, 0.1) is 22.7 Å². The third-order valence-corrected chi connectivity index (χ3v) is 5.37. The van der Waals surface area contributed by atoms with Gasteiger partial charge in [-0.2, -0.15) is 13.2 Å². The van der Waals surface area contributed by atoms with Crippen molar-refractivity contribution in [2.24, 2.45) is 0 Å². The third-order valence-electron chi connectivity index (χ3n) is 5.04. The van der Waals surface area contributed by atoms with Crippen molar-refractivity contribution < 1.29 is 22.8 Å². The summed E-state index contributed by atoms with van der Waals surface area (Å²) in [6, 6.07) is 8.99. The first-order valence-electron chi connectivity index (χ1n) is 10.6. The number of benzene rings is 2. The lowest BCUT2D eigenvalue weighted by molar-refractivity contribution is -0.137. The molecule has 2 aromatic carbocycles. The summed E-state index contributed by atoms with van der Waals surface area (Å²) in [7, 11) is 0. The SMILES string of the molecule is CCNC(=O)Cc1ncnc2c1ncn2-c1ccc(NC(=O)Nc2ccc(Cl)c(C(F)(F)F)c2)cc1. The molecule has 9 nitrogen and oxygen atoms in total. The zero-order valence-electron chi connectivity index (χ0n) is 18.7. The Morgan fingerprint density at radius 3 is 2.39 bits per heavy atom. The number of alkyl halides is 3. The molecule has 0 fully saturated rings. The number of carbonyl (C=O) groups is 2. The van der Waals surface area contributed by atoms with E-state index in [1.807, 2.05) is 6.92 Å². The van der Waals surface area contributed by atoms with E-state index >= 15 is 0 Å². The highest BCUT2D eigenvalue weighted by molar-refractivity contribution is 6.31. The summed E-state index contributed by atoms with van der Waals surface area (Å²) in [6.07, 6.45) is -1.67. The Labute approximate surface area is 207 Å². The minimum Gasteiger partial charge on any atom is -0.356 e. The van der Waals surface area contributed by atoms with Crippen LogP contribution in [0.1, 0.15) is 18.2 Å². The number of fused-ring (bicyclic) bond motifs is 1. The average Bonchev–Trinajstić information content (AvgIpc) is 3.25. The predicted octanol–water partition coefficient (Wildman–Crippen LogP) is 4.81. The summed E-state index contributed by atoms with van der Waals surface area (Å²) in [5, 5.41) is 7.17. The van der Waals surface area contributed by atoms with E-state index in [1.54, 1.807) is 35.2 Å². The molecule has 0 unspecified atom stereocenters. The first kappa shape index (κ1) is 24.9. The molecule has 0 aliphatic carbocycles. The smallest absolute Gasteiger partial charge is 0.356 e. The summed E-state index contributed by atoms with van der Waals surface area (Å²) >= 11 is 5.60. The van der Waals surface area contributed by atoms with Gasteiger partial charge in [0.2, 0.25) is 5.91 Å². The van der Waals surface area contributed by atoms with Crippen LogP contribution in [0.5, 0.6) is 0 Å². The number of amides is 3. The Balaban J connectivity index is 1.47. The van der Waals surface area contributed by atoms with Crippen LogP contribution >= 0.6 is 11.6 Å². The van der Waals surface area contributed by atoms with Crippen LogP contribution in [0.15, 0.2) is 55.1 Å². The number of likely N-dealkylation sites (N-methyl/N-ethyl adjacent to an activating group) is 1. The molecular formula is C23H19ClF3N7O2. The van der Waals surface area contributed by atoms with Crippen molar-refractivity contribution in [2.75, 3.05) is 17.2 Å². The first-order valence-corrected chi connectivity index (χ1v) is 11.0. The highest BCUT2D eigenvalue weighted by Gasteiger charge is 2.33. The summed E-state index contributed by atoms with van der Waals surface area (Å²) in [5.74, 6) is -0.172. The second-order valence-electron chi connectivity index (χ2n) is 7.56. The van der Waals surface area contributed by atoms with Crippen LogP contribution in [0, 0.1) is 0 Å². The van der Waals surface area contributed by atoms with Crippen molar-refractivity contribution in [3.63, 3.8) is 0 Å². The maximum Gasteiger partial charge on any atom is 0.417 e. The second-order valence-corrected chi connectivity index (χ2v) is 7.96. The van der Waals surface area contributed by atoms with Crippen molar-refractivity contribution >= 4 is 46.1 Å². The van der Waals surface area contributed by atoms with Crippen molar-refractivity contribution in [1.82, 2.24) is 24.8 Å². The minimum atomic E-state index is -4.65. The normalized spacial score (nSPS) is 11.4. The van der Waals surface area contributed by atoms with E-state index in [9.17, 15) is 22.8 Å². The fourth-order valence-corrected chi connectivity index (χ4v) is 3.66. The molecular weight excluding hydrogens is 499 g/mol. The molecule has 4 aromatic rings. The molecule has 0 aliphatic rings. The van der Waals surface area contributed by atoms with E-state index in [0.717, 1.165) is 12.1 Å². The Morgan fingerprint density at radius 1 is 1.00 bits per heavy atom. The number of imidazole rings is 1. The number of hydrogen-bond acceptors (Lipinski definition) is 5. The summed E-state index contributed by atoms with van der Waals surface area (Å²) in [5.41, 5.74) is 1.47. The lowest BCUT2D eigenvalue weighted by atomic mass is 10.2. The second kappa shape index (κ2) is 10.2. The molecule has 13 heteroatoms. The fourth-order valence-electron chi connectivity index (χ4n) is 3.43. The molecule has 0 radical (unpaired) electrons. The highest BCUT2D eigenvalue weighted by Crippen LogP contribution is 2.36. The van der Waals surface area contributed by atoms with Crippen molar-refractivity contribution in [3.05, 3.63) is 71.4 Å². The van der Waals surface area contributed by atoms with Crippen molar-refractivity contribution in [3.8, 4) is 5.69 Å². The topological polar surface area (TPSA) is 114 Å². The third kappa shape index (κ3) is 5.54. The number of nitrogens with one attached hydrogen (secondary N) is 3. The molecule has 3 amide bonds. The number of hydrogen-bond donors (Lipinski definition) is 3. The van der Waals surface area contributed by atoms with E-state index in [2.05, 4.69) is 30.9 Å². The molecule has 0 atom stereocenters. The number of aromatic nitrogens is 4. The quantitative estimate of drug-likeness (QED) is 0.339. The van der Waals surface area contributed by atoms with E-state index < -0.39 is 22.8 Å². The zero-order chi connectivity index (χ0) is 25.9. The number of rotatable bonds is 6. The minimum absolute atomic E-state index is 0.0613. The van der Waals surface area contributed by atoms with Gasteiger partial charge < -0.3 is 16.0 Å². The molecule has 3 N–H and O–H groups in total. The molecule has 4 rings (SSSR count). The lowest BCUT2D eigenvalue weighted by Gasteiger charge is -2.12. The van der Waals surface area contributed by atoms with Gasteiger partial charge in [0, 0.05) is 23.6 Å². The number of urea groups is 1. The first-order chi connectivity index (χ1) is 17.2. The Kier molecular flexibility index (Phi) is 7.06. The van der Waals surface area contributed by atoms with Gasteiger partial charge in [-0.3, -0.25) is 9.36 Å². The number of nitrogens with zero attached hydrogens (tertiary/aromatic N) is 4. The standard InChI is InChI=1S/C23H19ClF3N7O2/c1-2-28-19(35)10-18-20-21(30-11-29-18)34(12-31-20)15-6-3-13(4-7-15)32-22(36)33-14-5-8-17(24)16(9-14)23(25,26)27/h3-9,11-12H,2,10H2,1H3,(H,28,35)(H2,32,33,36). The number of halogens is 4. The van der Waals surface area contributed by atoms with E-state index in [1.165, 1.54) is 12.4 Å². The van der Waals surface area contributed by atoms with Gasteiger partial charge in [-0.15, -0.1) is 0 Å². The lowest BCUT2D eigenvalue weighted by Crippen LogP contribution is -2.25. The van der Waals surface area contributed by atoms with E-state index in [4.69, 9.17) is 11.6 Å². The molecule has 0 saturated heterocycles. The molecule has 2 heterocycles. The Hall–Kier alpha value is -4.19. The van der Waals surface area contributed by atoms with Crippen LogP contribution in [0.4, 0.5) is 29.3 Å². The van der Waals surface area contributed by atoms with Gasteiger partial charge in [-0.05, 0) is 49.4 Å². The van der Waals surface area contributed by atoms with Crippen LogP contribution in [0.3, 0.4) is 0 Å². The molecule has 0 spiro atoms. The van der Waals surface area contributed by atoms with Crippen LogP contribution in [0.25, 0.3) is 16.9 Å². The van der Waals surface area contributed by atoms with Gasteiger partial charge in [0.15, 0.2) is 5.65 Å². The molecule has 186 valence electrons. The molecule has 0 bridgehead atoms. The maximum absolute atomic E-state index is 13.0. The molecule has 36 heavy (non-hydrogen) atoms. The molecule has 0 aliphatic heterocycles. The van der Waals surface area contributed by atoms with Gasteiger partial charge in [-0.25, -0.2) is 19.7 Å². The van der Waals surface area contributed by atoms with E-state index in [-0.39, 0.29) is 18.0 Å². The summed E-state index contributed by atoms with van der Waals surface area (Å²) < 4.78 is 40.8. The van der Waals surface area contributed by atoms with Gasteiger partial charge in [0.25, 0.3) is 0 Å². The largest absolute Gasteiger partial charge is 0.417 e. The van der Waals surface area contributed by atoms with E-state index in [0.29, 0.717) is 34.8 Å². The van der Waals surface area contributed by atoms with Crippen LogP contribution < -0.4 is 16.0 Å². The predicted molar refractivity (Wildman–Crippen MR) is 128 cm³/mol. The number of anilines is 2. The maximum atomic E-state index is 13.0. The fraction of sp³-hybridized carbons (Fsp3) is 0.174. The van der Waals surface area contributed by atoms with Gasteiger partial charge >= 0.3 is 12.2 Å². The summed E-state index contributed by atoms with van der Waals surface area (Å²) in [4.78, 5) is 37.0. The highest BCUT2D eigenvalue weighted by atomic mass is 35.5. The van der Waals surface area contributed by atoms with Crippen LogP contribution in [-0.4, -0.2) is 38.0 Å². The molecule has 2 aromatic heterocycles. The molecule has 0 saturated carbocycles. The Bertz CT molecular complexity index is 1420. The number of carbonyl (C=O) groups excluding carboxylic acids is 2. The average molecular weight is 518 g/mol. The summed E-state index contributed by atoms with van der Waals surface area (Å²) in [6.45, 7) is 2.33. The van der Waals surface area contributed by atoms with Gasteiger partial charge in [-0.1, -0.05) is 11.6 Å². The zero-order valence-corrected chi connectivity index (χ0v) is 19.5. The van der Waals surface area contributed by atoms with Gasteiger partial charge in [0.1, 0.15) is 18.2 Å². The Morgan fingerprint density at radius 2 is 1.69 bits per heavy atom. The van der Waals surface area contributed by atoms with Crippen molar-refractivity contribution in [1.29, 1.82) is 0 Å². The van der Waals surface area contributed by atoms with Crippen LogP contribution in [-0.2, 0) is 17.4 Å². The van der Waals surface area contributed by atoms with Crippen molar-refractivity contribution in [2.45, 2.75) is 19.5 Å².